The van der Waals surface area contributed by atoms with E-state index in [1.165, 1.54) is 5.38 Å². The van der Waals surface area contributed by atoms with Gasteiger partial charge in [-0.1, -0.05) is 18.7 Å². The molecule has 18 heavy (non-hydrogen) atoms. The van der Waals surface area contributed by atoms with Crippen LogP contribution < -0.4 is 4.89 Å². The van der Waals surface area contributed by atoms with Gasteiger partial charge in [-0.05, 0) is 23.8 Å². The summed E-state index contributed by atoms with van der Waals surface area (Å²) in [5.41, 5.74) is 0.387. The molecule has 0 atom stereocenters. The number of carboxylic acid groups (broad SMARTS) is 1. The van der Waals surface area contributed by atoms with Crippen molar-refractivity contribution in [3.8, 4) is 0 Å². The summed E-state index contributed by atoms with van der Waals surface area (Å²) in [6.07, 6.45) is 0. The Hall–Kier alpha value is -0.960. The van der Waals surface area contributed by atoms with Crippen LogP contribution in [0, 0.1) is 12.8 Å². The normalized spacial score (nSPS) is 12.0. The number of rotatable bonds is 6. The molecule has 0 bridgehead atoms. The molecule has 102 valence electrons. The number of thiophene rings is 1. The lowest BCUT2D eigenvalue weighted by Gasteiger charge is -2.09. The van der Waals surface area contributed by atoms with Gasteiger partial charge in [0.25, 0.3) is 10.0 Å². The third-order valence-corrected chi connectivity index (χ3v) is 4.58. The zero-order chi connectivity index (χ0) is 13.9. The van der Waals surface area contributed by atoms with Crippen LogP contribution >= 0.6 is 11.3 Å². The molecule has 0 aliphatic rings. The summed E-state index contributed by atoms with van der Waals surface area (Å²) in [7, 11) is -3.96. The van der Waals surface area contributed by atoms with Gasteiger partial charge in [0.2, 0.25) is 0 Å². The first-order valence-corrected chi connectivity index (χ1v) is 7.57. The summed E-state index contributed by atoms with van der Waals surface area (Å²) in [5.74, 6) is -1.10. The van der Waals surface area contributed by atoms with Gasteiger partial charge < -0.3 is 5.11 Å². The molecule has 0 spiro atoms. The Morgan fingerprint density at radius 1 is 1.56 bits per heavy atom. The summed E-state index contributed by atoms with van der Waals surface area (Å²) in [6, 6.07) is 0. The van der Waals surface area contributed by atoms with E-state index in [1.54, 1.807) is 6.92 Å². The molecular weight excluding hydrogens is 278 g/mol. The van der Waals surface area contributed by atoms with Gasteiger partial charge in [-0.25, -0.2) is 13.2 Å². The summed E-state index contributed by atoms with van der Waals surface area (Å²) in [5, 5.41) is 10.4. The van der Waals surface area contributed by atoms with Crippen molar-refractivity contribution in [2.75, 3.05) is 6.61 Å². The molecule has 0 aliphatic carbocycles. The Labute approximate surface area is 110 Å². The Morgan fingerprint density at radius 2 is 2.17 bits per heavy atom. The van der Waals surface area contributed by atoms with Crippen LogP contribution in [0.1, 0.15) is 29.1 Å². The molecule has 0 saturated carbocycles. The van der Waals surface area contributed by atoms with Gasteiger partial charge in [0.05, 0.1) is 6.61 Å². The van der Waals surface area contributed by atoms with E-state index in [0.717, 1.165) is 11.3 Å². The molecule has 0 aliphatic heterocycles. The first-order valence-electron chi connectivity index (χ1n) is 5.20. The number of nitrogens with one attached hydrogen (secondary N) is 1. The van der Waals surface area contributed by atoms with E-state index in [9.17, 15) is 13.2 Å². The highest BCUT2D eigenvalue weighted by atomic mass is 32.2. The largest absolute Gasteiger partial charge is 0.477 e. The van der Waals surface area contributed by atoms with Crippen molar-refractivity contribution in [1.82, 2.24) is 4.89 Å². The van der Waals surface area contributed by atoms with E-state index in [2.05, 4.69) is 0 Å². The van der Waals surface area contributed by atoms with E-state index in [1.807, 2.05) is 18.7 Å². The van der Waals surface area contributed by atoms with Gasteiger partial charge in [0.15, 0.2) is 0 Å². The molecule has 2 N–H and O–H groups in total. The fraction of sp³-hybridized carbons (Fsp3) is 0.500. The van der Waals surface area contributed by atoms with Crippen LogP contribution in [0.15, 0.2) is 10.3 Å². The van der Waals surface area contributed by atoms with E-state index in [0.29, 0.717) is 5.56 Å². The quantitative estimate of drug-likeness (QED) is 0.777. The highest BCUT2D eigenvalue weighted by molar-refractivity contribution is 7.89. The number of hydrogen-bond donors (Lipinski definition) is 2. The second-order valence-electron chi connectivity index (χ2n) is 4.17. The number of carboxylic acids is 1. The Balaban J connectivity index is 2.98. The minimum Gasteiger partial charge on any atom is -0.477 e. The third kappa shape index (κ3) is 3.52. The number of aryl methyl sites for hydroxylation is 1. The summed E-state index contributed by atoms with van der Waals surface area (Å²) in [6.45, 7) is 5.49. The molecule has 1 aromatic heterocycles. The fourth-order valence-corrected chi connectivity index (χ4v) is 3.68. The van der Waals surface area contributed by atoms with Crippen LogP contribution in [-0.4, -0.2) is 26.1 Å². The highest BCUT2D eigenvalue weighted by Gasteiger charge is 2.27. The second kappa shape index (κ2) is 5.79. The second-order valence-corrected chi connectivity index (χ2v) is 6.64. The van der Waals surface area contributed by atoms with Gasteiger partial charge in [-0.15, -0.1) is 11.3 Å². The zero-order valence-electron chi connectivity index (χ0n) is 10.3. The molecule has 0 saturated heterocycles. The van der Waals surface area contributed by atoms with Crippen LogP contribution in [0.3, 0.4) is 0 Å². The maximum Gasteiger partial charge on any atom is 0.347 e. The molecule has 1 heterocycles. The Kier molecular flexibility index (Phi) is 4.85. The predicted molar refractivity (Wildman–Crippen MR) is 67.1 cm³/mol. The van der Waals surface area contributed by atoms with Crippen LogP contribution in [0.4, 0.5) is 0 Å². The number of sulfonamides is 1. The van der Waals surface area contributed by atoms with E-state index >= 15 is 0 Å². The monoisotopic (exact) mass is 293 g/mol. The van der Waals surface area contributed by atoms with Crippen molar-refractivity contribution in [3.05, 3.63) is 15.8 Å². The van der Waals surface area contributed by atoms with Crippen molar-refractivity contribution >= 4 is 27.3 Å². The Bertz CT molecular complexity index is 532. The lowest BCUT2D eigenvalue weighted by molar-refractivity contribution is 0.0688. The van der Waals surface area contributed by atoms with Gasteiger partial charge in [-0.3, -0.25) is 4.84 Å². The lowest BCUT2D eigenvalue weighted by Crippen LogP contribution is -2.27. The molecular formula is C10H15NO5S2. The predicted octanol–water partition coefficient (Wildman–Crippen LogP) is 1.62. The Morgan fingerprint density at radius 3 is 2.67 bits per heavy atom. The third-order valence-electron chi connectivity index (χ3n) is 1.97. The minimum absolute atomic E-state index is 0.162. The minimum atomic E-state index is -3.96. The maximum atomic E-state index is 11.9. The van der Waals surface area contributed by atoms with Gasteiger partial charge in [0.1, 0.15) is 9.77 Å². The van der Waals surface area contributed by atoms with E-state index in [-0.39, 0.29) is 22.3 Å². The molecule has 0 aromatic carbocycles. The van der Waals surface area contributed by atoms with E-state index < -0.39 is 16.0 Å². The number of hydrogen-bond acceptors (Lipinski definition) is 5. The number of carbonyl (C=O) groups is 1. The molecule has 0 fully saturated rings. The van der Waals surface area contributed by atoms with Crippen molar-refractivity contribution in [2.24, 2.45) is 5.92 Å². The van der Waals surface area contributed by atoms with Crippen molar-refractivity contribution in [1.29, 1.82) is 0 Å². The first-order chi connectivity index (χ1) is 8.25. The van der Waals surface area contributed by atoms with Gasteiger partial charge >= 0.3 is 5.97 Å². The van der Waals surface area contributed by atoms with Crippen LogP contribution in [0.2, 0.25) is 0 Å². The van der Waals surface area contributed by atoms with Crippen LogP contribution in [0.25, 0.3) is 0 Å². The van der Waals surface area contributed by atoms with Gasteiger partial charge in [0, 0.05) is 0 Å². The molecule has 6 nitrogen and oxygen atoms in total. The fourth-order valence-electron chi connectivity index (χ4n) is 1.23. The van der Waals surface area contributed by atoms with Crippen molar-refractivity contribution in [2.45, 2.75) is 25.7 Å². The summed E-state index contributed by atoms with van der Waals surface area (Å²) >= 11 is 0.877. The molecule has 8 heteroatoms. The summed E-state index contributed by atoms with van der Waals surface area (Å²) in [4.78, 5) is 17.3. The standard InChI is InChI=1S/C10H15NO5S2/c1-6(2)4-16-11-18(14,15)9-7(3)5-17-8(9)10(12)13/h5-6,11H,4H2,1-3H3,(H,12,13). The lowest BCUT2D eigenvalue weighted by atomic mass is 10.2. The van der Waals surface area contributed by atoms with Crippen LogP contribution in [-0.2, 0) is 14.9 Å². The molecule has 1 rings (SSSR count). The maximum absolute atomic E-state index is 11.9. The molecule has 0 amide bonds. The first kappa shape index (κ1) is 15.1. The van der Waals surface area contributed by atoms with Crippen LogP contribution in [0.5, 0.6) is 0 Å². The zero-order valence-corrected chi connectivity index (χ0v) is 11.9. The molecule has 1 aromatic rings. The van der Waals surface area contributed by atoms with Gasteiger partial charge in [-0.2, -0.15) is 0 Å². The summed E-state index contributed by atoms with van der Waals surface area (Å²) < 4.78 is 23.9. The highest BCUT2D eigenvalue weighted by Crippen LogP contribution is 2.26. The smallest absolute Gasteiger partial charge is 0.347 e. The molecule has 0 radical (unpaired) electrons. The average molecular weight is 293 g/mol. The topological polar surface area (TPSA) is 92.7 Å². The average Bonchev–Trinajstić information content (AvgIpc) is 2.59. The molecule has 0 unspecified atom stereocenters. The SMILES string of the molecule is Cc1csc(C(=O)O)c1S(=O)(=O)NOCC(C)C. The van der Waals surface area contributed by atoms with E-state index in [4.69, 9.17) is 9.94 Å². The van der Waals surface area contributed by atoms with Crippen molar-refractivity contribution in [3.63, 3.8) is 0 Å². The van der Waals surface area contributed by atoms with Crippen molar-refractivity contribution < 1.29 is 23.2 Å². The number of aromatic carboxylic acids is 1.